The lowest BCUT2D eigenvalue weighted by Crippen LogP contribution is -2.54. The maximum atomic E-state index is 11.4. The number of carbonyl (C=O) groups is 2. The van der Waals surface area contributed by atoms with Crippen molar-refractivity contribution in [2.45, 2.75) is 10.5 Å². The van der Waals surface area contributed by atoms with Gasteiger partial charge in [0, 0.05) is 0 Å². The molecule has 0 amide bonds. The van der Waals surface area contributed by atoms with E-state index in [-0.39, 0.29) is 0 Å². The molecule has 10 nitrogen and oxygen atoms in total. The lowest BCUT2D eigenvalue weighted by Gasteiger charge is -2.23. The maximum Gasteiger partial charge on any atom is 0.349 e. The van der Waals surface area contributed by atoms with E-state index < -0.39 is 49.3 Å². The SMILES string of the molecule is C=CCOC(=O)C(CC(=O)O)(S(=O)(=O)O)S(=O)(=O)O. The van der Waals surface area contributed by atoms with Crippen LogP contribution in [-0.4, -0.2) is 53.7 Å². The summed E-state index contributed by atoms with van der Waals surface area (Å²) < 4.78 is 62.0. The first-order valence-corrected chi connectivity index (χ1v) is 7.22. The van der Waals surface area contributed by atoms with Crippen molar-refractivity contribution >= 4 is 32.2 Å². The maximum absolute atomic E-state index is 11.4. The van der Waals surface area contributed by atoms with Crippen LogP contribution in [0.4, 0.5) is 0 Å². The lowest BCUT2D eigenvalue weighted by atomic mass is 10.3. The molecule has 0 aromatic rings. The molecule has 0 rings (SSSR count). The number of hydrogen-bond donors (Lipinski definition) is 3. The molecule has 0 aliphatic rings. The summed E-state index contributed by atoms with van der Waals surface area (Å²) in [5.74, 6) is -4.23. The zero-order chi connectivity index (χ0) is 15.5. The highest BCUT2D eigenvalue weighted by Crippen LogP contribution is 2.29. The minimum Gasteiger partial charge on any atom is -0.481 e. The van der Waals surface area contributed by atoms with E-state index in [0.29, 0.717) is 0 Å². The average Bonchev–Trinajstić information content (AvgIpc) is 2.18. The van der Waals surface area contributed by atoms with Gasteiger partial charge in [-0.1, -0.05) is 12.7 Å². The molecular formula is C7H10O10S2. The molecule has 0 unspecified atom stereocenters. The second-order valence-corrected chi connectivity index (χ2v) is 6.71. The molecule has 0 aliphatic heterocycles. The Labute approximate surface area is 108 Å². The van der Waals surface area contributed by atoms with E-state index >= 15 is 0 Å². The van der Waals surface area contributed by atoms with Gasteiger partial charge in [0.25, 0.3) is 20.2 Å². The Morgan fingerprint density at radius 3 is 1.84 bits per heavy atom. The summed E-state index contributed by atoms with van der Waals surface area (Å²) in [6, 6.07) is 0. The third kappa shape index (κ3) is 3.50. The third-order valence-corrected chi connectivity index (χ3v) is 5.41. The van der Waals surface area contributed by atoms with Crippen molar-refractivity contribution in [3.8, 4) is 0 Å². The average molecular weight is 318 g/mol. The van der Waals surface area contributed by atoms with E-state index in [0.717, 1.165) is 6.08 Å². The molecule has 0 bridgehead atoms. The van der Waals surface area contributed by atoms with Gasteiger partial charge in [0.15, 0.2) is 0 Å². The number of rotatable bonds is 7. The van der Waals surface area contributed by atoms with Gasteiger partial charge < -0.3 is 9.84 Å². The first-order chi connectivity index (χ1) is 8.40. The van der Waals surface area contributed by atoms with Crippen molar-refractivity contribution in [3.63, 3.8) is 0 Å². The lowest BCUT2D eigenvalue weighted by molar-refractivity contribution is -0.148. The summed E-state index contributed by atoms with van der Waals surface area (Å²) in [4.78, 5) is 21.9. The zero-order valence-electron chi connectivity index (χ0n) is 9.21. The molecular weight excluding hydrogens is 308 g/mol. The Morgan fingerprint density at radius 2 is 1.58 bits per heavy atom. The van der Waals surface area contributed by atoms with Crippen LogP contribution in [0.3, 0.4) is 0 Å². The highest BCUT2D eigenvalue weighted by Gasteiger charge is 2.64. The number of hydrogen-bond acceptors (Lipinski definition) is 7. The fourth-order valence-electron chi connectivity index (χ4n) is 1.04. The van der Waals surface area contributed by atoms with Crippen LogP contribution in [0.25, 0.3) is 0 Å². The predicted molar refractivity (Wildman–Crippen MR) is 59.2 cm³/mol. The quantitative estimate of drug-likeness (QED) is 0.289. The largest absolute Gasteiger partial charge is 0.481 e. The van der Waals surface area contributed by atoms with Crippen LogP contribution in [0.15, 0.2) is 12.7 Å². The monoisotopic (exact) mass is 318 g/mol. The number of ether oxygens (including phenoxy) is 1. The van der Waals surface area contributed by atoms with Gasteiger partial charge in [-0.3, -0.25) is 13.9 Å². The molecule has 19 heavy (non-hydrogen) atoms. The second-order valence-electron chi connectivity index (χ2n) is 3.16. The van der Waals surface area contributed by atoms with Crippen molar-refractivity contribution < 1.29 is 45.4 Å². The van der Waals surface area contributed by atoms with Gasteiger partial charge in [0.2, 0.25) is 0 Å². The number of carbonyl (C=O) groups excluding carboxylic acids is 1. The molecule has 0 aliphatic carbocycles. The highest BCUT2D eigenvalue weighted by molar-refractivity contribution is 8.06. The van der Waals surface area contributed by atoms with Crippen molar-refractivity contribution in [1.29, 1.82) is 0 Å². The molecule has 12 heteroatoms. The van der Waals surface area contributed by atoms with Crippen LogP contribution >= 0.6 is 0 Å². The molecule has 0 aromatic heterocycles. The number of esters is 1. The number of carboxylic acid groups (broad SMARTS) is 1. The van der Waals surface area contributed by atoms with Gasteiger partial charge in [-0.25, -0.2) is 4.79 Å². The van der Waals surface area contributed by atoms with Crippen molar-refractivity contribution in [1.82, 2.24) is 0 Å². The van der Waals surface area contributed by atoms with Crippen LogP contribution in [-0.2, 0) is 34.6 Å². The molecule has 0 fully saturated rings. The van der Waals surface area contributed by atoms with Crippen molar-refractivity contribution in [2.24, 2.45) is 0 Å². The summed E-state index contributed by atoms with van der Waals surface area (Å²) in [6.45, 7) is 2.42. The van der Waals surface area contributed by atoms with E-state index in [2.05, 4.69) is 11.3 Å². The Balaban J connectivity index is 6.17. The predicted octanol–water partition coefficient (Wildman–Crippen LogP) is -1.34. The molecule has 0 spiro atoms. The Morgan fingerprint density at radius 1 is 1.16 bits per heavy atom. The van der Waals surface area contributed by atoms with Crippen LogP contribution in [0.2, 0.25) is 0 Å². The summed E-state index contributed by atoms with van der Waals surface area (Å²) in [6.07, 6.45) is -1.00. The van der Waals surface area contributed by atoms with Crippen molar-refractivity contribution in [3.05, 3.63) is 12.7 Å². The fourth-order valence-corrected chi connectivity index (χ4v) is 3.26. The second kappa shape index (κ2) is 5.64. The van der Waals surface area contributed by atoms with E-state index in [1.807, 2.05) is 0 Å². The molecule has 0 saturated carbocycles. The topological polar surface area (TPSA) is 172 Å². The van der Waals surface area contributed by atoms with Gasteiger partial charge in [-0.2, -0.15) is 16.8 Å². The Bertz CT molecular complexity index is 551. The van der Waals surface area contributed by atoms with E-state index in [1.54, 1.807) is 0 Å². The molecule has 3 N–H and O–H groups in total. The van der Waals surface area contributed by atoms with Gasteiger partial charge in [0.05, 0.1) is 6.42 Å². The van der Waals surface area contributed by atoms with Gasteiger partial charge in [-0.15, -0.1) is 0 Å². The molecule has 0 heterocycles. The smallest absolute Gasteiger partial charge is 0.349 e. The minimum absolute atomic E-state index is 0.661. The summed E-state index contributed by atoms with van der Waals surface area (Å²) in [5, 5.41) is 8.47. The van der Waals surface area contributed by atoms with Gasteiger partial charge in [-0.05, 0) is 0 Å². The zero-order valence-corrected chi connectivity index (χ0v) is 10.8. The molecule has 0 saturated heterocycles. The standard InChI is InChI=1S/C7H10O10S2/c1-2-3-17-6(10)7(4-5(8)9,18(11,12)13)19(14,15)16/h2H,1,3-4H2,(H,8,9)(H,11,12,13)(H,14,15,16). The van der Waals surface area contributed by atoms with Crippen LogP contribution in [0.1, 0.15) is 6.42 Å². The highest BCUT2D eigenvalue weighted by atomic mass is 32.3. The van der Waals surface area contributed by atoms with E-state index in [9.17, 15) is 26.4 Å². The normalized spacial score (nSPS) is 12.7. The fraction of sp³-hybridized carbons (Fsp3) is 0.429. The third-order valence-electron chi connectivity index (χ3n) is 1.86. The number of carboxylic acids is 1. The number of aliphatic carboxylic acids is 1. The molecule has 0 aromatic carbocycles. The first-order valence-electron chi connectivity index (χ1n) is 4.34. The summed E-state index contributed by atoms with van der Waals surface area (Å²) in [7, 11) is -11.7. The summed E-state index contributed by atoms with van der Waals surface area (Å²) >= 11 is 0. The van der Waals surface area contributed by atoms with E-state index in [4.69, 9.17) is 14.2 Å². The van der Waals surface area contributed by atoms with Crippen molar-refractivity contribution in [2.75, 3.05) is 6.61 Å². The van der Waals surface area contributed by atoms with Crippen LogP contribution in [0.5, 0.6) is 0 Å². The molecule has 110 valence electrons. The first kappa shape index (κ1) is 17.5. The molecule has 0 atom stereocenters. The van der Waals surface area contributed by atoms with Crippen LogP contribution in [0, 0.1) is 0 Å². The van der Waals surface area contributed by atoms with E-state index in [1.165, 1.54) is 0 Å². The van der Waals surface area contributed by atoms with Gasteiger partial charge in [0.1, 0.15) is 6.61 Å². The molecule has 0 radical (unpaired) electrons. The van der Waals surface area contributed by atoms with Gasteiger partial charge >= 0.3 is 16.0 Å². The van der Waals surface area contributed by atoms with Crippen LogP contribution < -0.4 is 0 Å². The Hall–Kier alpha value is -1.50. The Kier molecular flexibility index (Phi) is 5.20. The minimum atomic E-state index is -5.84. The summed E-state index contributed by atoms with van der Waals surface area (Å²) in [5.41, 5.74) is 0.